The normalized spacial score (nSPS) is 25.9. The minimum Gasteiger partial charge on any atom is -0.543 e. The van der Waals surface area contributed by atoms with E-state index in [2.05, 4.69) is 10.3 Å². The van der Waals surface area contributed by atoms with Gasteiger partial charge in [0.1, 0.15) is 5.69 Å². The van der Waals surface area contributed by atoms with Gasteiger partial charge in [-0.05, 0) is 12.8 Å². The first-order chi connectivity index (χ1) is 16.6. The molecule has 10 nitrogen and oxygen atoms in total. The fraction of sp³-hybridized carbons (Fsp3) is 0.652. The van der Waals surface area contributed by atoms with Crippen molar-refractivity contribution in [1.29, 1.82) is 0 Å². The van der Waals surface area contributed by atoms with E-state index in [4.69, 9.17) is 0 Å². The second-order valence-electron chi connectivity index (χ2n) is 9.56. The maximum absolute atomic E-state index is 12.6. The van der Waals surface area contributed by atoms with Gasteiger partial charge in [0.25, 0.3) is 5.91 Å². The molecule has 2 fully saturated rings. The van der Waals surface area contributed by atoms with E-state index in [-0.39, 0.29) is 82.8 Å². The van der Waals surface area contributed by atoms with E-state index in [1.165, 1.54) is 28.0 Å². The summed E-state index contributed by atoms with van der Waals surface area (Å²) >= 11 is 2.80. The molecule has 1 aromatic rings. The van der Waals surface area contributed by atoms with Gasteiger partial charge in [-0.25, -0.2) is 4.98 Å². The number of rotatable bonds is 10. The largest absolute Gasteiger partial charge is 1.00 e. The molecule has 0 saturated carbocycles. The summed E-state index contributed by atoms with van der Waals surface area (Å²) in [6.07, 6.45) is -0.00581. The number of hydrogen-bond donors (Lipinski definition) is 3. The quantitative estimate of drug-likeness (QED) is 0.207. The first kappa shape index (κ1) is 29.4. The molecule has 13 heteroatoms. The zero-order valence-electron chi connectivity index (χ0n) is 21.1. The van der Waals surface area contributed by atoms with Crippen molar-refractivity contribution in [2.75, 3.05) is 24.6 Å². The van der Waals surface area contributed by atoms with Gasteiger partial charge in [-0.15, -0.1) is 23.1 Å². The van der Waals surface area contributed by atoms with Gasteiger partial charge in [0.15, 0.2) is 5.13 Å². The Morgan fingerprint density at radius 1 is 1.36 bits per heavy atom. The first-order valence-corrected chi connectivity index (χ1v) is 13.6. The van der Waals surface area contributed by atoms with Gasteiger partial charge < -0.3 is 35.2 Å². The van der Waals surface area contributed by atoms with Gasteiger partial charge in [-0.3, -0.25) is 9.59 Å². The fourth-order valence-corrected chi connectivity index (χ4v) is 7.27. The van der Waals surface area contributed by atoms with Gasteiger partial charge in [0, 0.05) is 34.5 Å². The van der Waals surface area contributed by atoms with E-state index in [1.807, 2.05) is 25.7 Å². The summed E-state index contributed by atoms with van der Waals surface area (Å²) in [5.41, 5.74) is 0.238. The smallest absolute Gasteiger partial charge is 0.543 e. The van der Waals surface area contributed by atoms with Crippen LogP contribution < -0.4 is 44.9 Å². The van der Waals surface area contributed by atoms with Crippen LogP contribution in [0.2, 0.25) is 0 Å². The number of hydrogen-bond acceptors (Lipinski definition) is 10. The third-order valence-corrected chi connectivity index (χ3v) is 9.63. The minimum atomic E-state index is -1.37. The van der Waals surface area contributed by atoms with Crippen LogP contribution in [0.25, 0.3) is 0 Å². The predicted molar refractivity (Wildman–Crippen MR) is 131 cm³/mol. The summed E-state index contributed by atoms with van der Waals surface area (Å²) in [4.78, 5) is 45.2. The van der Waals surface area contributed by atoms with E-state index < -0.39 is 18.0 Å². The zero-order chi connectivity index (χ0) is 25.6. The topological polar surface area (TPSA) is 146 Å². The SMILES string of the molecule is CC[C@H](C)[C@@H](CO)NC(=O)c1csc(N2CC(SC3=C(C(=O)[O-])N4C(=O)[C@H]([C@@H](C)O)[C@H]4[C@H]3C)C2)n1.[Na+]. The Labute approximate surface area is 240 Å². The number of nitrogens with zero attached hydrogens (tertiary/aromatic N) is 3. The Bertz CT molecular complexity index is 1040. The van der Waals surface area contributed by atoms with Crippen LogP contribution in [-0.4, -0.2) is 81.0 Å². The number of nitrogens with one attached hydrogen (secondary N) is 1. The van der Waals surface area contributed by atoms with E-state index in [1.54, 1.807) is 12.3 Å². The van der Waals surface area contributed by atoms with Crippen LogP contribution in [0, 0.1) is 17.8 Å². The molecule has 2 amide bonds. The van der Waals surface area contributed by atoms with E-state index in [0.29, 0.717) is 28.8 Å². The average molecular weight is 547 g/mol. The molecular formula is C23H31N4NaO6S2. The number of carboxylic acids is 1. The molecule has 3 N–H and O–H groups in total. The average Bonchev–Trinajstić information content (AvgIpc) is 3.35. The number of carboxylic acid groups (broad SMARTS) is 1. The molecule has 2 saturated heterocycles. The summed E-state index contributed by atoms with van der Waals surface area (Å²) in [6, 6.07) is -0.680. The summed E-state index contributed by atoms with van der Waals surface area (Å²) in [5.74, 6) is -2.70. The standard InChI is InChI=1S/C23H32N4O6S2.Na/c1-5-10(2)14(8-28)24-20(30)15-9-34-23(25-15)26-6-13(7-26)35-19-11(3)17-16(12(4)29)21(31)27(17)18(19)22(32)33;/h9-14,16-17,28-29H,5-8H2,1-4H3,(H,24,30)(H,32,33);/q;+1/p-1/t10-,11+,12+,14+,16+,17+;/m0./s1. The maximum atomic E-state index is 12.6. The Kier molecular flexibility index (Phi) is 9.57. The van der Waals surface area contributed by atoms with Crippen molar-refractivity contribution < 1.29 is 59.3 Å². The summed E-state index contributed by atoms with van der Waals surface area (Å²) < 4.78 is 0. The molecule has 36 heavy (non-hydrogen) atoms. The number of β-lactam (4-membered cyclic amide) rings is 1. The third-order valence-electron chi connectivity index (χ3n) is 7.28. The Balaban J connectivity index is 0.00000361. The van der Waals surface area contributed by atoms with Crippen molar-refractivity contribution >= 4 is 46.0 Å². The number of carbonyl (C=O) groups excluding carboxylic acids is 3. The number of thioether (sulfide) groups is 1. The Morgan fingerprint density at radius 2 is 2.03 bits per heavy atom. The number of aliphatic hydroxyl groups excluding tert-OH is 2. The third kappa shape index (κ3) is 5.23. The van der Waals surface area contributed by atoms with Crippen molar-refractivity contribution in [3.63, 3.8) is 0 Å². The van der Waals surface area contributed by atoms with E-state index in [0.717, 1.165) is 6.42 Å². The number of aromatic nitrogens is 1. The van der Waals surface area contributed by atoms with Crippen molar-refractivity contribution in [2.24, 2.45) is 17.8 Å². The van der Waals surface area contributed by atoms with Crippen LogP contribution >= 0.6 is 23.1 Å². The number of fused-ring (bicyclic) bond motifs is 1. The van der Waals surface area contributed by atoms with Crippen molar-refractivity contribution in [1.82, 2.24) is 15.2 Å². The predicted octanol–water partition coefficient (Wildman–Crippen LogP) is -2.98. The molecule has 192 valence electrons. The fourth-order valence-electron chi connectivity index (χ4n) is 4.93. The van der Waals surface area contributed by atoms with Crippen molar-refractivity contribution in [3.8, 4) is 0 Å². The van der Waals surface area contributed by atoms with Gasteiger partial charge in [-0.1, -0.05) is 27.2 Å². The molecule has 1 aromatic heterocycles. The summed E-state index contributed by atoms with van der Waals surface area (Å²) in [7, 11) is 0. The number of carbonyl (C=O) groups is 3. The molecular weight excluding hydrogens is 515 g/mol. The minimum absolute atomic E-state index is 0. The maximum Gasteiger partial charge on any atom is 1.00 e. The van der Waals surface area contributed by atoms with Gasteiger partial charge in [0.05, 0.1) is 42.4 Å². The van der Waals surface area contributed by atoms with Gasteiger partial charge in [-0.2, -0.15) is 0 Å². The van der Waals surface area contributed by atoms with Crippen LogP contribution in [0.4, 0.5) is 5.13 Å². The first-order valence-electron chi connectivity index (χ1n) is 11.8. The van der Waals surface area contributed by atoms with Crippen LogP contribution in [-0.2, 0) is 9.59 Å². The van der Waals surface area contributed by atoms with Crippen LogP contribution in [0.15, 0.2) is 16.0 Å². The van der Waals surface area contributed by atoms with E-state index >= 15 is 0 Å². The second kappa shape index (κ2) is 11.7. The van der Waals surface area contributed by atoms with Gasteiger partial charge >= 0.3 is 29.6 Å². The number of anilines is 1. The molecule has 0 bridgehead atoms. The molecule has 4 heterocycles. The molecule has 0 aromatic carbocycles. The molecule has 0 spiro atoms. The molecule has 3 aliphatic rings. The van der Waals surface area contributed by atoms with Crippen LogP contribution in [0.3, 0.4) is 0 Å². The number of thiazole rings is 1. The molecule has 0 aliphatic carbocycles. The number of aliphatic hydroxyl groups is 2. The summed E-state index contributed by atoms with van der Waals surface area (Å²) in [5, 5.41) is 36.7. The molecule has 0 radical (unpaired) electrons. The molecule has 3 aliphatic heterocycles. The monoisotopic (exact) mass is 546 g/mol. The molecule has 4 rings (SSSR count). The second-order valence-corrected chi connectivity index (χ2v) is 11.7. The van der Waals surface area contributed by atoms with Gasteiger partial charge in [0.2, 0.25) is 5.91 Å². The number of aliphatic carboxylic acids is 1. The van der Waals surface area contributed by atoms with Crippen LogP contribution in [0.5, 0.6) is 0 Å². The Morgan fingerprint density at radius 3 is 2.58 bits per heavy atom. The molecule has 6 atom stereocenters. The summed E-state index contributed by atoms with van der Waals surface area (Å²) in [6.45, 7) is 8.53. The van der Waals surface area contributed by atoms with Crippen LogP contribution in [0.1, 0.15) is 44.6 Å². The zero-order valence-corrected chi connectivity index (χ0v) is 24.8. The van der Waals surface area contributed by atoms with Crippen molar-refractivity contribution in [2.45, 2.75) is 57.6 Å². The molecule has 0 unspecified atom stereocenters. The van der Waals surface area contributed by atoms with E-state index in [9.17, 15) is 29.7 Å². The number of amides is 2. The Hall–Kier alpha value is -1.15. The van der Waals surface area contributed by atoms with Crippen molar-refractivity contribution in [3.05, 3.63) is 21.7 Å².